The standard InChI is InChI=1S/C6H12O2Se/c1-4-5(2)6(3)9(7)8/h4,6-7H,1-3H3/q-1/b5-4+. The summed E-state index contributed by atoms with van der Waals surface area (Å²) in [5, 5.41) is 0. The van der Waals surface area contributed by atoms with E-state index in [2.05, 4.69) is 0 Å². The van der Waals surface area contributed by atoms with Crippen LogP contribution >= 0.6 is 0 Å². The Bertz CT molecular complexity index is 110. The molecule has 0 aliphatic rings. The van der Waals surface area contributed by atoms with Gasteiger partial charge in [-0.15, -0.1) is 0 Å². The molecule has 0 spiro atoms. The van der Waals surface area contributed by atoms with Crippen molar-refractivity contribution in [2.75, 3.05) is 0 Å². The SMILES string of the molecule is C/C=C(\C)C(C)[Se]([O-])O. The van der Waals surface area contributed by atoms with E-state index in [0.717, 1.165) is 5.57 Å². The van der Waals surface area contributed by atoms with Crippen LogP contribution < -0.4 is 4.19 Å². The predicted octanol–water partition coefficient (Wildman–Crippen LogP) is 0.183. The van der Waals surface area contributed by atoms with E-state index < -0.39 is 14.6 Å². The van der Waals surface area contributed by atoms with Gasteiger partial charge in [-0.2, -0.15) is 0 Å². The Hall–Kier alpha value is 0.179. The first-order chi connectivity index (χ1) is 4.09. The van der Waals surface area contributed by atoms with Gasteiger partial charge < -0.3 is 0 Å². The molecule has 0 fully saturated rings. The van der Waals surface area contributed by atoms with Gasteiger partial charge in [-0.05, 0) is 0 Å². The fourth-order valence-corrected chi connectivity index (χ4v) is 1.35. The van der Waals surface area contributed by atoms with Gasteiger partial charge >= 0.3 is 60.2 Å². The van der Waals surface area contributed by atoms with Crippen molar-refractivity contribution in [3.05, 3.63) is 11.6 Å². The average molecular weight is 195 g/mol. The zero-order valence-corrected chi connectivity index (χ0v) is 7.63. The summed E-state index contributed by atoms with van der Waals surface area (Å²) in [5.74, 6) is 0. The molecule has 0 rings (SSSR count). The third-order valence-electron chi connectivity index (χ3n) is 1.40. The van der Waals surface area contributed by atoms with Crippen molar-refractivity contribution in [1.29, 1.82) is 0 Å². The Morgan fingerprint density at radius 1 is 1.78 bits per heavy atom. The molecule has 9 heavy (non-hydrogen) atoms. The Balaban J connectivity index is 3.88. The molecule has 0 saturated carbocycles. The quantitative estimate of drug-likeness (QED) is 0.504. The summed E-state index contributed by atoms with van der Waals surface area (Å²) in [7, 11) is 0. The summed E-state index contributed by atoms with van der Waals surface area (Å²) in [5.41, 5.74) is 0.998. The molecule has 1 unspecified atom stereocenters. The normalized spacial score (nSPS) is 16.4. The van der Waals surface area contributed by atoms with Crippen LogP contribution in [0, 0.1) is 0 Å². The first kappa shape index (κ1) is 9.18. The van der Waals surface area contributed by atoms with Gasteiger partial charge in [0.1, 0.15) is 0 Å². The molecular formula is C6H12O2Se-. The van der Waals surface area contributed by atoms with Crippen LogP contribution in [0.5, 0.6) is 0 Å². The van der Waals surface area contributed by atoms with Gasteiger partial charge in [0.15, 0.2) is 0 Å². The number of rotatable bonds is 2. The van der Waals surface area contributed by atoms with E-state index in [1.165, 1.54) is 0 Å². The average Bonchev–Trinajstić information content (AvgIpc) is 1.84. The summed E-state index contributed by atoms with van der Waals surface area (Å²) in [4.78, 5) is -0.130. The maximum absolute atomic E-state index is 10.5. The van der Waals surface area contributed by atoms with Crippen molar-refractivity contribution in [3.8, 4) is 0 Å². The van der Waals surface area contributed by atoms with E-state index in [1.54, 1.807) is 6.92 Å². The molecule has 0 aromatic heterocycles. The van der Waals surface area contributed by atoms with Gasteiger partial charge in [0.25, 0.3) is 0 Å². The molecule has 2 nitrogen and oxygen atoms in total. The fourth-order valence-electron chi connectivity index (χ4n) is 0.394. The summed E-state index contributed by atoms with van der Waals surface area (Å²) >= 11 is -2.54. The molecule has 0 aromatic rings. The number of allylic oxidation sites excluding steroid dienone is 2. The first-order valence-corrected chi connectivity index (χ1v) is 5.27. The van der Waals surface area contributed by atoms with Gasteiger partial charge in [0.2, 0.25) is 0 Å². The van der Waals surface area contributed by atoms with Gasteiger partial charge in [-0.1, -0.05) is 0 Å². The van der Waals surface area contributed by atoms with E-state index in [9.17, 15) is 4.19 Å². The molecule has 0 saturated heterocycles. The van der Waals surface area contributed by atoms with Crippen molar-refractivity contribution in [3.63, 3.8) is 0 Å². The van der Waals surface area contributed by atoms with Gasteiger partial charge in [0.05, 0.1) is 0 Å². The molecule has 0 amide bonds. The zero-order chi connectivity index (χ0) is 7.44. The number of hydrogen-bond donors (Lipinski definition) is 1. The Kier molecular flexibility index (Phi) is 4.15. The van der Waals surface area contributed by atoms with E-state index in [1.807, 2.05) is 19.9 Å². The van der Waals surface area contributed by atoms with Crippen molar-refractivity contribution in [2.45, 2.75) is 25.6 Å². The minimum absolute atomic E-state index is 0.130. The van der Waals surface area contributed by atoms with Crippen molar-refractivity contribution in [2.24, 2.45) is 0 Å². The second-order valence-corrected chi connectivity index (χ2v) is 4.59. The molecule has 0 aromatic carbocycles. The van der Waals surface area contributed by atoms with Crippen molar-refractivity contribution in [1.82, 2.24) is 0 Å². The van der Waals surface area contributed by atoms with E-state index in [-0.39, 0.29) is 4.82 Å². The van der Waals surface area contributed by atoms with Gasteiger partial charge in [-0.3, -0.25) is 0 Å². The fraction of sp³-hybridized carbons (Fsp3) is 0.667. The molecule has 0 bridgehead atoms. The molecule has 0 aliphatic carbocycles. The van der Waals surface area contributed by atoms with Crippen LogP contribution in [0.1, 0.15) is 20.8 Å². The van der Waals surface area contributed by atoms with Gasteiger partial charge in [0, 0.05) is 0 Å². The molecule has 1 N–H and O–H groups in total. The zero-order valence-electron chi connectivity index (χ0n) is 5.92. The Labute approximate surface area is 60.7 Å². The minimum atomic E-state index is -2.54. The van der Waals surface area contributed by atoms with Crippen molar-refractivity contribution < 1.29 is 8.38 Å². The summed E-state index contributed by atoms with van der Waals surface area (Å²) in [6, 6.07) is 0. The Morgan fingerprint density at radius 3 is 2.33 bits per heavy atom. The van der Waals surface area contributed by atoms with Crippen LogP contribution in [0.4, 0.5) is 0 Å². The van der Waals surface area contributed by atoms with E-state index in [0.29, 0.717) is 0 Å². The molecule has 0 heterocycles. The summed E-state index contributed by atoms with van der Waals surface area (Å²) < 4.78 is 19.1. The van der Waals surface area contributed by atoms with Crippen LogP contribution in [0.2, 0.25) is 4.82 Å². The molecule has 1 atom stereocenters. The summed E-state index contributed by atoms with van der Waals surface area (Å²) in [6.07, 6.45) is 1.87. The van der Waals surface area contributed by atoms with Crippen LogP contribution in [-0.2, 0) is 0 Å². The van der Waals surface area contributed by atoms with E-state index in [4.69, 9.17) is 4.19 Å². The topological polar surface area (TPSA) is 43.3 Å². The second kappa shape index (κ2) is 4.07. The van der Waals surface area contributed by atoms with Crippen LogP contribution in [0.15, 0.2) is 11.6 Å². The molecule has 3 heteroatoms. The number of hydrogen-bond acceptors (Lipinski definition) is 2. The first-order valence-electron chi connectivity index (χ1n) is 2.82. The third-order valence-corrected chi connectivity index (χ3v) is 3.45. The molecule has 1 radical (unpaired) electrons. The third kappa shape index (κ3) is 3.01. The van der Waals surface area contributed by atoms with Crippen LogP contribution in [-0.4, -0.2) is 18.7 Å². The van der Waals surface area contributed by atoms with Gasteiger partial charge in [-0.25, -0.2) is 0 Å². The monoisotopic (exact) mass is 196 g/mol. The van der Waals surface area contributed by atoms with E-state index >= 15 is 0 Å². The molecular weight excluding hydrogens is 183 g/mol. The summed E-state index contributed by atoms with van der Waals surface area (Å²) in [6.45, 7) is 5.52. The van der Waals surface area contributed by atoms with Crippen LogP contribution in [0.3, 0.4) is 0 Å². The maximum atomic E-state index is 10.5. The molecule has 55 valence electrons. The van der Waals surface area contributed by atoms with Crippen LogP contribution in [0.25, 0.3) is 0 Å². The molecule has 0 aliphatic heterocycles. The predicted molar refractivity (Wildman–Crippen MR) is 36.8 cm³/mol. The second-order valence-electron chi connectivity index (χ2n) is 1.95. The van der Waals surface area contributed by atoms with Crippen molar-refractivity contribution >= 4 is 14.6 Å². The Morgan fingerprint density at radius 2 is 2.22 bits per heavy atom.